The van der Waals surface area contributed by atoms with Crippen molar-refractivity contribution < 1.29 is 0 Å². The van der Waals surface area contributed by atoms with Crippen molar-refractivity contribution in [2.75, 3.05) is 25.5 Å². The van der Waals surface area contributed by atoms with E-state index in [1.807, 2.05) is 38.4 Å². The second-order valence-electron chi connectivity index (χ2n) is 11.3. The van der Waals surface area contributed by atoms with Gasteiger partial charge < -0.3 is 14.8 Å². The van der Waals surface area contributed by atoms with Crippen LogP contribution in [0.3, 0.4) is 0 Å². The predicted molar refractivity (Wildman–Crippen MR) is 165 cm³/mol. The summed E-state index contributed by atoms with van der Waals surface area (Å²) >= 11 is 6.29. The number of hydrogen-bond donors (Lipinski definition) is 1. The smallest absolute Gasteiger partial charge is 0.259 e. The van der Waals surface area contributed by atoms with Gasteiger partial charge in [0.1, 0.15) is 10.8 Å². The van der Waals surface area contributed by atoms with E-state index in [9.17, 15) is 9.59 Å². The highest BCUT2D eigenvalue weighted by Crippen LogP contribution is 2.36. The van der Waals surface area contributed by atoms with Crippen LogP contribution in [0.15, 0.2) is 58.4 Å². The van der Waals surface area contributed by atoms with Gasteiger partial charge in [0.25, 0.3) is 11.1 Å². The van der Waals surface area contributed by atoms with Gasteiger partial charge >= 0.3 is 0 Å². The number of nitrogens with one attached hydrogen (secondary N) is 1. The van der Waals surface area contributed by atoms with Crippen LogP contribution < -0.4 is 16.4 Å². The molecule has 9 nitrogen and oxygen atoms in total. The van der Waals surface area contributed by atoms with Gasteiger partial charge in [-0.05, 0) is 82.2 Å². The number of fused-ring (bicyclic) bond motifs is 3. The number of aromatic nitrogens is 5. The summed E-state index contributed by atoms with van der Waals surface area (Å²) in [4.78, 5) is 33.1. The van der Waals surface area contributed by atoms with E-state index in [1.165, 1.54) is 4.57 Å². The number of anilines is 1. The zero-order chi connectivity index (χ0) is 29.0. The number of pyridine rings is 3. The fraction of sp³-hybridized carbons (Fsp3) is 0.355. The molecule has 1 aliphatic rings. The summed E-state index contributed by atoms with van der Waals surface area (Å²) in [5.74, 6) is 0. The molecular formula is C31H34ClN7O2. The summed E-state index contributed by atoms with van der Waals surface area (Å²) in [6.07, 6.45) is 5.62. The minimum Gasteiger partial charge on any atom is -0.377 e. The van der Waals surface area contributed by atoms with Crippen molar-refractivity contribution in [2.45, 2.75) is 38.8 Å². The van der Waals surface area contributed by atoms with Gasteiger partial charge in [0.05, 0.1) is 23.6 Å². The molecule has 6 rings (SSSR count). The quantitative estimate of drug-likeness (QED) is 0.297. The van der Waals surface area contributed by atoms with E-state index >= 15 is 0 Å². The van der Waals surface area contributed by atoms with Gasteiger partial charge in [-0.3, -0.25) is 14.2 Å². The molecule has 212 valence electrons. The van der Waals surface area contributed by atoms with Crippen molar-refractivity contribution in [3.63, 3.8) is 0 Å². The molecule has 1 N–H and O–H groups in total. The Balaban J connectivity index is 1.49. The molecule has 0 amide bonds. The first kappa shape index (κ1) is 27.2. The number of likely N-dealkylation sites (tertiary alicyclic amines) is 1. The van der Waals surface area contributed by atoms with E-state index in [0.29, 0.717) is 21.8 Å². The molecule has 0 saturated carbocycles. The Labute approximate surface area is 243 Å². The van der Waals surface area contributed by atoms with Gasteiger partial charge in [-0.2, -0.15) is 5.10 Å². The van der Waals surface area contributed by atoms with Crippen LogP contribution in [-0.4, -0.2) is 48.9 Å². The Morgan fingerprint density at radius 3 is 2.51 bits per heavy atom. The van der Waals surface area contributed by atoms with Crippen molar-refractivity contribution in [3.05, 3.63) is 85.8 Å². The zero-order valence-corrected chi connectivity index (χ0v) is 24.7. The molecule has 1 aliphatic heterocycles. The van der Waals surface area contributed by atoms with Gasteiger partial charge in [0, 0.05) is 54.1 Å². The molecule has 10 heteroatoms. The topological polar surface area (TPSA) is 90.0 Å². The van der Waals surface area contributed by atoms with Gasteiger partial charge in [0.2, 0.25) is 0 Å². The standard InChI is InChI=1S/C31H34ClN7O2/c1-18-14-22(19(2)34-25-6-7-26(32)35-29(25)20-8-13-37(4)27(40)16-20)28-23(15-18)31(41)38(5)30-24(28)17-33-39(30)21-9-11-36(3)12-10-21/h6-8,13-17,19,21,34H,9-12H2,1-5H3. The largest absolute Gasteiger partial charge is 0.377 e. The molecule has 0 radical (unpaired) electrons. The summed E-state index contributed by atoms with van der Waals surface area (Å²) in [5, 5.41) is 11.3. The maximum atomic E-state index is 13.8. The van der Waals surface area contributed by atoms with E-state index < -0.39 is 0 Å². The highest BCUT2D eigenvalue weighted by molar-refractivity contribution is 6.29. The van der Waals surface area contributed by atoms with E-state index in [0.717, 1.165) is 59.2 Å². The summed E-state index contributed by atoms with van der Waals surface area (Å²) in [6, 6.07) is 11.2. The summed E-state index contributed by atoms with van der Waals surface area (Å²) < 4.78 is 5.32. The number of halogens is 1. The first-order chi connectivity index (χ1) is 19.6. The van der Waals surface area contributed by atoms with E-state index in [4.69, 9.17) is 16.7 Å². The maximum Gasteiger partial charge on any atom is 0.259 e. The third-order valence-corrected chi connectivity index (χ3v) is 8.53. The summed E-state index contributed by atoms with van der Waals surface area (Å²) in [6.45, 7) is 6.09. The van der Waals surface area contributed by atoms with Crippen LogP contribution in [0.5, 0.6) is 0 Å². The first-order valence-electron chi connectivity index (χ1n) is 13.9. The monoisotopic (exact) mass is 571 g/mol. The maximum absolute atomic E-state index is 13.8. The number of nitrogens with zero attached hydrogens (tertiary/aromatic N) is 6. The molecule has 41 heavy (non-hydrogen) atoms. The zero-order valence-electron chi connectivity index (χ0n) is 24.0. The molecule has 1 unspecified atom stereocenters. The number of aryl methyl sites for hydroxylation is 3. The average molecular weight is 572 g/mol. The van der Waals surface area contributed by atoms with Gasteiger partial charge in [-0.15, -0.1) is 0 Å². The van der Waals surface area contributed by atoms with Crippen LogP contribution in [0.2, 0.25) is 5.15 Å². The van der Waals surface area contributed by atoms with Crippen LogP contribution in [0, 0.1) is 6.92 Å². The number of hydrogen-bond acceptors (Lipinski definition) is 6. The fourth-order valence-electron chi connectivity index (χ4n) is 6.05. The second-order valence-corrected chi connectivity index (χ2v) is 11.6. The Bertz CT molecular complexity index is 1910. The van der Waals surface area contributed by atoms with Crippen LogP contribution in [0.4, 0.5) is 5.69 Å². The molecule has 5 heterocycles. The second kappa shape index (κ2) is 10.5. The van der Waals surface area contributed by atoms with E-state index in [-0.39, 0.29) is 23.2 Å². The molecule has 5 aromatic rings. The van der Waals surface area contributed by atoms with Crippen molar-refractivity contribution >= 4 is 39.1 Å². The molecule has 4 aromatic heterocycles. The van der Waals surface area contributed by atoms with E-state index in [1.54, 1.807) is 29.9 Å². The van der Waals surface area contributed by atoms with Gasteiger partial charge in [-0.1, -0.05) is 17.7 Å². The lowest BCUT2D eigenvalue weighted by atomic mass is 9.95. The number of piperidine rings is 1. The number of rotatable bonds is 5. The minimum atomic E-state index is -0.201. The lowest BCUT2D eigenvalue weighted by Gasteiger charge is -2.29. The van der Waals surface area contributed by atoms with Crippen molar-refractivity contribution in [1.82, 2.24) is 28.8 Å². The Kier molecular flexibility index (Phi) is 6.95. The molecule has 1 saturated heterocycles. The van der Waals surface area contributed by atoms with Crippen LogP contribution in [0.25, 0.3) is 33.1 Å². The molecule has 1 atom stereocenters. The molecule has 1 aromatic carbocycles. The molecule has 1 fully saturated rings. The molecule has 0 bridgehead atoms. The minimum absolute atomic E-state index is 0.0340. The molecule has 0 spiro atoms. The van der Waals surface area contributed by atoms with E-state index in [2.05, 4.69) is 39.9 Å². The van der Waals surface area contributed by atoms with Crippen molar-refractivity contribution in [2.24, 2.45) is 14.1 Å². The normalized spacial score (nSPS) is 15.6. The highest BCUT2D eigenvalue weighted by Gasteiger charge is 2.25. The number of benzene rings is 1. The highest BCUT2D eigenvalue weighted by atomic mass is 35.5. The Morgan fingerprint density at radius 1 is 1.02 bits per heavy atom. The third-order valence-electron chi connectivity index (χ3n) is 8.32. The summed E-state index contributed by atoms with van der Waals surface area (Å²) in [5.41, 5.74) is 4.69. The Morgan fingerprint density at radius 2 is 1.78 bits per heavy atom. The fourth-order valence-corrected chi connectivity index (χ4v) is 6.20. The SMILES string of the molecule is Cc1cc(C(C)Nc2ccc(Cl)nc2-c2ccn(C)c(=O)c2)c2c(c1)c(=O)n(C)c1c2cnn1C1CCN(C)CC1. The van der Waals surface area contributed by atoms with Crippen molar-refractivity contribution in [1.29, 1.82) is 0 Å². The van der Waals surface area contributed by atoms with Crippen LogP contribution in [-0.2, 0) is 14.1 Å². The predicted octanol–water partition coefficient (Wildman–Crippen LogP) is 5.05. The van der Waals surface area contributed by atoms with Gasteiger partial charge in [0.15, 0.2) is 0 Å². The summed E-state index contributed by atoms with van der Waals surface area (Å²) in [7, 11) is 5.70. The molecule has 0 aliphatic carbocycles. The lowest BCUT2D eigenvalue weighted by molar-refractivity contribution is 0.214. The molecular weight excluding hydrogens is 538 g/mol. The van der Waals surface area contributed by atoms with Crippen LogP contribution in [0.1, 0.15) is 43.0 Å². The van der Waals surface area contributed by atoms with Gasteiger partial charge in [-0.25, -0.2) is 9.67 Å². The first-order valence-corrected chi connectivity index (χ1v) is 14.3. The lowest BCUT2D eigenvalue weighted by Crippen LogP contribution is -2.32. The Hall–Kier alpha value is -3.95. The third kappa shape index (κ3) is 4.83. The average Bonchev–Trinajstić information content (AvgIpc) is 3.39. The van der Waals surface area contributed by atoms with Crippen LogP contribution >= 0.6 is 11.6 Å². The van der Waals surface area contributed by atoms with Crippen molar-refractivity contribution in [3.8, 4) is 11.3 Å².